The molecule has 0 bridgehead atoms. The lowest BCUT2D eigenvalue weighted by atomic mass is 10.00. The topological polar surface area (TPSA) is 84.3 Å². The van der Waals surface area contributed by atoms with Crippen molar-refractivity contribution in [3.05, 3.63) is 0 Å². The molecule has 0 aromatic rings. The number of hydrogen-bond acceptors (Lipinski definition) is 4. The van der Waals surface area contributed by atoms with E-state index in [1.165, 1.54) is 17.7 Å². The molecule has 3 rings (SSSR count). The summed E-state index contributed by atoms with van der Waals surface area (Å²) in [6.07, 6.45) is 2.93. The number of fused-ring (bicyclic) bond motifs is 1. The third-order valence-electron chi connectivity index (χ3n) is 4.92. The smallest absolute Gasteiger partial charge is 0.326 e. The van der Waals surface area contributed by atoms with Crippen LogP contribution in [0.15, 0.2) is 0 Å². The Morgan fingerprint density at radius 3 is 2.62 bits per heavy atom. The highest BCUT2D eigenvalue weighted by Gasteiger charge is 2.42. The molecule has 7 nitrogen and oxygen atoms in total. The van der Waals surface area contributed by atoms with Gasteiger partial charge >= 0.3 is 12.0 Å². The summed E-state index contributed by atoms with van der Waals surface area (Å²) < 4.78 is 0. The van der Waals surface area contributed by atoms with Crippen LogP contribution in [0.5, 0.6) is 0 Å². The third kappa shape index (κ3) is 2.85. The average Bonchev–Trinajstić information content (AvgIpc) is 2.88. The van der Waals surface area contributed by atoms with Crippen molar-refractivity contribution in [2.45, 2.75) is 43.9 Å². The van der Waals surface area contributed by atoms with Crippen LogP contribution in [0.4, 0.5) is 4.79 Å². The summed E-state index contributed by atoms with van der Waals surface area (Å²) in [7, 11) is 0. The molecule has 2 N–H and O–H groups in total. The number of carbonyl (C=O) groups excluding carboxylic acids is 1. The van der Waals surface area contributed by atoms with E-state index in [0.717, 1.165) is 19.5 Å². The first-order chi connectivity index (χ1) is 10.1. The second-order valence-corrected chi connectivity index (χ2v) is 6.31. The predicted octanol–water partition coefficient (Wildman–Crippen LogP) is -0.204. The highest BCUT2D eigenvalue weighted by atomic mass is 16.4. The zero-order valence-electron chi connectivity index (χ0n) is 12.1. The number of aliphatic carboxylic acids is 1. The Morgan fingerprint density at radius 2 is 1.86 bits per heavy atom. The zero-order chi connectivity index (χ0) is 15.0. The number of amides is 2. The molecule has 2 amide bonds. The van der Waals surface area contributed by atoms with Crippen molar-refractivity contribution in [3.8, 4) is 0 Å². The fourth-order valence-electron chi connectivity index (χ4n) is 3.77. The van der Waals surface area contributed by atoms with Crippen LogP contribution >= 0.6 is 0 Å². The van der Waals surface area contributed by atoms with Crippen LogP contribution < -0.4 is 0 Å². The predicted molar refractivity (Wildman–Crippen MR) is 74.9 cm³/mol. The SMILES string of the molecule is O=C(O)C1CC(O)CN1C(=O)N1CCN2CCCCC2C1. The van der Waals surface area contributed by atoms with Crippen molar-refractivity contribution in [1.29, 1.82) is 0 Å². The lowest BCUT2D eigenvalue weighted by Crippen LogP contribution is -2.59. The molecule has 3 aliphatic heterocycles. The van der Waals surface area contributed by atoms with Crippen LogP contribution in [0.2, 0.25) is 0 Å². The first-order valence-corrected chi connectivity index (χ1v) is 7.76. The molecule has 3 saturated heterocycles. The highest BCUT2D eigenvalue weighted by molar-refractivity contribution is 5.83. The summed E-state index contributed by atoms with van der Waals surface area (Å²) in [5, 5.41) is 18.9. The normalized spacial score (nSPS) is 33.9. The van der Waals surface area contributed by atoms with E-state index in [1.54, 1.807) is 4.90 Å². The van der Waals surface area contributed by atoms with Crippen molar-refractivity contribution < 1.29 is 19.8 Å². The van der Waals surface area contributed by atoms with Gasteiger partial charge in [-0.3, -0.25) is 4.90 Å². The van der Waals surface area contributed by atoms with Gasteiger partial charge in [-0.15, -0.1) is 0 Å². The number of nitrogens with zero attached hydrogens (tertiary/aromatic N) is 3. The van der Waals surface area contributed by atoms with Gasteiger partial charge in [-0.1, -0.05) is 6.42 Å². The Bertz CT molecular complexity index is 430. The molecule has 3 fully saturated rings. The number of likely N-dealkylation sites (tertiary alicyclic amines) is 1. The van der Waals surface area contributed by atoms with Crippen LogP contribution in [0.25, 0.3) is 0 Å². The Balaban J connectivity index is 1.66. The molecule has 0 aliphatic carbocycles. The second kappa shape index (κ2) is 5.81. The molecule has 3 unspecified atom stereocenters. The number of piperidine rings is 1. The highest BCUT2D eigenvalue weighted by Crippen LogP contribution is 2.24. The first-order valence-electron chi connectivity index (χ1n) is 7.76. The molecule has 7 heteroatoms. The summed E-state index contributed by atoms with van der Waals surface area (Å²) in [4.78, 5) is 29.4. The molecule has 3 atom stereocenters. The fraction of sp³-hybridized carbons (Fsp3) is 0.857. The molecule has 0 saturated carbocycles. The Morgan fingerprint density at radius 1 is 1.05 bits per heavy atom. The van der Waals surface area contributed by atoms with E-state index >= 15 is 0 Å². The summed E-state index contributed by atoms with van der Waals surface area (Å²) in [5.41, 5.74) is 0. The van der Waals surface area contributed by atoms with Crippen LogP contribution in [-0.4, -0.2) is 87.8 Å². The molecule has 3 heterocycles. The maximum Gasteiger partial charge on any atom is 0.326 e. The average molecular weight is 297 g/mol. The minimum atomic E-state index is -1.03. The number of carboxylic acid groups (broad SMARTS) is 1. The number of rotatable bonds is 1. The van der Waals surface area contributed by atoms with Crippen molar-refractivity contribution in [2.24, 2.45) is 0 Å². The lowest BCUT2D eigenvalue weighted by molar-refractivity contribution is -0.141. The number of carbonyl (C=O) groups is 2. The van der Waals surface area contributed by atoms with Gasteiger partial charge in [0.05, 0.1) is 6.10 Å². The standard InChI is InChI=1S/C14H23N3O4/c18-11-7-12(13(19)20)17(9-11)14(21)16-6-5-15-4-2-1-3-10(15)8-16/h10-12,18H,1-9H2,(H,19,20). The van der Waals surface area contributed by atoms with E-state index < -0.39 is 18.1 Å². The summed E-state index contributed by atoms with van der Waals surface area (Å²) in [6.45, 7) is 3.42. The monoisotopic (exact) mass is 297 g/mol. The number of aliphatic hydroxyl groups is 1. The van der Waals surface area contributed by atoms with Gasteiger partial charge in [-0.05, 0) is 19.4 Å². The van der Waals surface area contributed by atoms with E-state index in [0.29, 0.717) is 19.1 Å². The minimum absolute atomic E-state index is 0.126. The van der Waals surface area contributed by atoms with Crippen molar-refractivity contribution in [1.82, 2.24) is 14.7 Å². The van der Waals surface area contributed by atoms with Crippen molar-refractivity contribution in [2.75, 3.05) is 32.7 Å². The summed E-state index contributed by atoms with van der Waals surface area (Å²) in [5.74, 6) is -1.03. The molecule has 118 valence electrons. The maximum atomic E-state index is 12.6. The molecule has 21 heavy (non-hydrogen) atoms. The Hall–Kier alpha value is -1.34. The van der Waals surface area contributed by atoms with Crippen LogP contribution in [0.3, 0.4) is 0 Å². The van der Waals surface area contributed by atoms with Gasteiger partial charge in [0, 0.05) is 38.6 Å². The van der Waals surface area contributed by atoms with E-state index in [1.807, 2.05) is 0 Å². The van der Waals surface area contributed by atoms with Crippen molar-refractivity contribution >= 4 is 12.0 Å². The molecule has 0 radical (unpaired) electrons. The fourth-order valence-corrected chi connectivity index (χ4v) is 3.77. The second-order valence-electron chi connectivity index (χ2n) is 6.31. The van der Waals surface area contributed by atoms with Gasteiger partial charge in [0.2, 0.25) is 0 Å². The van der Waals surface area contributed by atoms with Gasteiger partial charge in [0.15, 0.2) is 0 Å². The van der Waals surface area contributed by atoms with E-state index in [4.69, 9.17) is 0 Å². The van der Waals surface area contributed by atoms with Gasteiger partial charge < -0.3 is 20.0 Å². The van der Waals surface area contributed by atoms with Gasteiger partial charge in [0.25, 0.3) is 0 Å². The van der Waals surface area contributed by atoms with Gasteiger partial charge in [-0.25, -0.2) is 9.59 Å². The van der Waals surface area contributed by atoms with E-state index in [2.05, 4.69) is 4.90 Å². The van der Waals surface area contributed by atoms with Crippen molar-refractivity contribution in [3.63, 3.8) is 0 Å². The van der Waals surface area contributed by atoms with E-state index in [-0.39, 0.29) is 19.0 Å². The quantitative estimate of drug-likeness (QED) is 0.700. The van der Waals surface area contributed by atoms with Crippen LogP contribution in [0.1, 0.15) is 25.7 Å². The molecule has 0 aromatic carbocycles. The number of hydrogen-bond donors (Lipinski definition) is 2. The van der Waals surface area contributed by atoms with Crippen LogP contribution in [0, 0.1) is 0 Å². The minimum Gasteiger partial charge on any atom is -0.480 e. The number of urea groups is 1. The number of piperazine rings is 1. The first kappa shape index (κ1) is 14.6. The third-order valence-corrected chi connectivity index (χ3v) is 4.92. The lowest BCUT2D eigenvalue weighted by Gasteiger charge is -2.45. The molecule has 3 aliphatic rings. The Kier molecular flexibility index (Phi) is 4.03. The zero-order valence-corrected chi connectivity index (χ0v) is 12.1. The van der Waals surface area contributed by atoms with Crippen LogP contribution in [-0.2, 0) is 4.79 Å². The number of carboxylic acids is 1. The van der Waals surface area contributed by atoms with Gasteiger partial charge in [0.1, 0.15) is 6.04 Å². The maximum absolute atomic E-state index is 12.6. The summed E-state index contributed by atoms with van der Waals surface area (Å²) >= 11 is 0. The number of β-amino-alcohol motifs (C(OH)–C–C–N with tert-alkyl or cyclic N) is 1. The molecular weight excluding hydrogens is 274 g/mol. The van der Waals surface area contributed by atoms with E-state index in [9.17, 15) is 19.8 Å². The molecule has 0 aromatic heterocycles. The molecular formula is C14H23N3O4. The summed E-state index contributed by atoms with van der Waals surface area (Å²) in [6, 6.07) is -0.715. The largest absolute Gasteiger partial charge is 0.480 e. The van der Waals surface area contributed by atoms with Gasteiger partial charge in [-0.2, -0.15) is 0 Å². The number of aliphatic hydroxyl groups excluding tert-OH is 1. The molecule has 0 spiro atoms. The Labute approximate surface area is 124 Å².